The summed E-state index contributed by atoms with van der Waals surface area (Å²) in [7, 11) is 0. The van der Waals surface area contributed by atoms with Crippen molar-refractivity contribution in [2.45, 2.75) is 13.3 Å². The molecule has 0 unspecified atom stereocenters. The first-order valence-corrected chi connectivity index (χ1v) is 6.87. The maximum Gasteiger partial charge on any atom is 0.305 e. The normalized spacial score (nSPS) is 10.8. The number of hydrogen-bond acceptors (Lipinski definition) is 2. The summed E-state index contributed by atoms with van der Waals surface area (Å²) in [4.78, 5) is 23.8. The molecular weight excluding hydrogens is 329 g/mol. The lowest BCUT2D eigenvalue weighted by molar-refractivity contribution is -0.137. The lowest BCUT2D eigenvalue weighted by atomic mass is 10.2. The largest absolute Gasteiger partial charge is 0.481 e. The smallest absolute Gasteiger partial charge is 0.305 e. The number of hydrogen-bond donors (Lipinski definition) is 1. The van der Waals surface area contributed by atoms with Gasteiger partial charge in [0.1, 0.15) is 5.82 Å². The molecule has 0 fully saturated rings. The first-order chi connectivity index (χ1) is 9.43. The number of aliphatic carboxylic acids is 1. The SMILES string of the molecule is CCN(CCC(=O)O)C(=O)/C=C/c1cc(Br)ccc1F. The van der Waals surface area contributed by atoms with Gasteiger partial charge in [-0.05, 0) is 31.2 Å². The van der Waals surface area contributed by atoms with Crippen LogP contribution >= 0.6 is 15.9 Å². The number of amides is 1. The Morgan fingerprint density at radius 2 is 2.15 bits per heavy atom. The van der Waals surface area contributed by atoms with Crippen LogP contribution < -0.4 is 0 Å². The van der Waals surface area contributed by atoms with Crippen LogP contribution in [0.2, 0.25) is 0 Å². The average Bonchev–Trinajstić information content (AvgIpc) is 2.40. The topological polar surface area (TPSA) is 57.6 Å². The molecule has 20 heavy (non-hydrogen) atoms. The second kappa shape index (κ2) is 7.79. The van der Waals surface area contributed by atoms with Gasteiger partial charge in [0, 0.05) is 29.2 Å². The van der Waals surface area contributed by atoms with Crippen LogP contribution in [0.4, 0.5) is 4.39 Å². The van der Waals surface area contributed by atoms with E-state index >= 15 is 0 Å². The van der Waals surface area contributed by atoms with Gasteiger partial charge in [-0.25, -0.2) is 4.39 Å². The van der Waals surface area contributed by atoms with Crippen LogP contribution in [-0.4, -0.2) is 35.0 Å². The molecule has 1 aromatic rings. The van der Waals surface area contributed by atoms with Crippen LogP contribution in [0, 0.1) is 5.82 Å². The van der Waals surface area contributed by atoms with E-state index in [1.807, 2.05) is 0 Å². The Hall–Kier alpha value is -1.69. The highest BCUT2D eigenvalue weighted by Gasteiger charge is 2.10. The van der Waals surface area contributed by atoms with E-state index in [0.717, 1.165) is 0 Å². The van der Waals surface area contributed by atoms with Crippen molar-refractivity contribution in [1.29, 1.82) is 0 Å². The number of carbonyl (C=O) groups excluding carboxylic acids is 1. The van der Waals surface area contributed by atoms with Crippen molar-refractivity contribution in [3.8, 4) is 0 Å². The first kappa shape index (κ1) is 16.4. The Balaban J connectivity index is 2.74. The van der Waals surface area contributed by atoms with Gasteiger partial charge in [-0.3, -0.25) is 9.59 Å². The van der Waals surface area contributed by atoms with E-state index in [1.165, 1.54) is 23.1 Å². The first-order valence-electron chi connectivity index (χ1n) is 6.08. The molecule has 0 spiro atoms. The van der Waals surface area contributed by atoms with Crippen molar-refractivity contribution in [1.82, 2.24) is 4.90 Å². The van der Waals surface area contributed by atoms with Gasteiger partial charge in [0.2, 0.25) is 5.91 Å². The molecule has 108 valence electrons. The molecule has 0 aliphatic rings. The fourth-order valence-corrected chi connectivity index (χ4v) is 1.94. The molecule has 0 aliphatic heterocycles. The maximum atomic E-state index is 13.5. The highest BCUT2D eigenvalue weighted by atomic mass is 79.9. The summed E-state index contributed by atoms with van der Waals surface area (Å²) in [5.74, 6) is -1.72. The third-order valence-electron chi connectivity index (χ3n) is 2.65. The summed E-state index contributed by atoms with van der Waals surface area (Å²) in [5, 5.41) is 8.60. The summed E-state index contributed by atoms with van der Waals surface area (Å²) in [6.45, 7) is 2.29. The van der Waals surface area contributed by atoms with Crippen LogP contribution in [0.3, 0.4) is 0 Å². The summed E-state index contributed by atoms with van der Waals surface area (Å²) in [5.41, 5.74) is 0.294. The lowest BCUT2D eigenvalue weighted by Gasteiger charge is -2.17. The van der Waals surface area contributed by atoms with Crippen molar-refractivity contribution in [3.63, 3.8) is 0 Å². The molecule has 0 heterocycles. The van der Waals surface area contributed by atoms with E-state index in [-0.39, 0.29) is 18.9 Å². The number of halogens is 2. The molecule has 0 aliphatic carbocycles. The van der Waals surface area contributed by atoms with Crippen molar-refractivity contribution >= 4 is 33.9 Å². The van der Waals surface area contributed by atoms with Crippen LogP contribution in [0.1, 0.15) is 18.9 Å². The molecule has 1 rings (SSSR count). The minimum atomic E-state index is -0.960. The van der Waals surface area contributed by atoms with Gasteiger partial charge < -0.3 is 10.0 Å². The second-order valence-electron chi connectivity index (χ2n) is 4.06. The van der Waals surface area contributed by atoms with E-state index in [1.54, 1.807) is 19.1 Å². The van der Waals surface area contributed by atoms with Crippen LogP contribution in [0.15, 0.2) is 28.7 Å². The van der Waals surface area contributed by atoms with Gasteiger partial charge >= 0.3 is 5.97 Å². The predicted octanol–water partition coefficient (Wildman–Crippen LogP) is 2.92. The fourth-order valence-electron chi connectivity index (χ4n) is 1.56. The zero-order valence-corrected chi connectivity index (χ0v) is 12.6. The molecule has 0 aromatic heterocycles. The number of carboxylic acids is 1. The summed E-state index contributed by atoms with van der Waals surface area (Å²) >= 11 is 3.23. The third kappa shape index (κ3) is 5.13. The summed E-state index contributed by atoms with van der Waals surface area (Å²) in [6, 6.07) is 4.43. The van der Waals surface area contributed by atoms with Gasteiger partial charge in [0.15, 0.2) is 0 Å². The minimum Gasteiger partial charge on any atom is -0.481 e. The quantitative estimate of drug-likeness (QED) is 0.808. The van der Waals surface area contributed by atoms with E-state index in [2.05, 4.69) is 15.9 Å². The standard InChI is InChI=1S/C14H15BrFNO3/c1-2-17(8-7-14(19)20)13(18)6-3-10-9-11(15)4-5-12(10)16/h3-6,9H,2,7-8H2,1H3,(H,19,20)/b6-3+. The Labute approximate surface area is 125 Å². The van der Waals surface area contributed by atoms with Gasteiger partial charge in [0.25, 0.3) is 0 Å². The number of benzene rings is 1. The molecule has 0 saturated heterocycles. The third-order valence-corrected chi connectivity index (χ3v) is 3.15. The zero-order valence-electron chi connectivity index (χ0n) is 11.0. The zero-order chi connectivity index (χ0) is 15.1. The number of nitrogens with zero attached hydrogens (tertiary/aromatic N) is 1. The number of carboxylic acid groups (broad SMARTS) is 1. The monoisotopic (exact) mass is 343 g/mol. The van der Waals surface area contributed by atoms with Crippen molar-refractivity contribution in [2.75, 3.05) is 13.1 Å². The molecule has 0 saturated carbocycles. The van der Waals surface area contributed by atoms with E-state index in [0.29, 0.717) is 16.6 Å². The maximum absolute atomic E-state index is 13.5. The summed E-state index contributed by atoms with van der Waals surface area (Å²) in [6.07, 6.45) is 2.51. The highest BCUT2D eigenvalue weighted by molar-refractivity contribution is 9.10. The molecule has 4 nitrogen and oxygen atoms in total. The van der Waals surface area contributed by atoms with Gasteiger partial charge in [-0.2, -0.15) is 0 Å². The Bertz CT molecular complexity index is 531. The molecule has 6 heteroatoms. The molecular formula is C14H15BrFNO3. The molecule has 0 bridgehead atoms. The van der Waals surface area contributed by atoms with Crippen molar-refractivity contribution in [2.24, 2.45) is 0 Å². The molecule has 0 radical (unpaired) electrons. The Morgan fingerprint density at radius 1 is 1.45 bits per heavy atom. The Kier molecular flexibility index (Phi) is 6.38. The van der Waals surface area contributed by atoms with Crippen LogP contribution in [0.25, 0.3) is 6.08 Å². The molecule has 1 aromatic carbocycles. The minimum absolute atomic E-state index is 0.112. The van der Waals surface area contributed by atoms with Gasteiger partial charge in [0.05, 0.1) is 6.42 Å². The van der Waals surface area contributed by atoms with E-state index in [9.17, 15) is 14.0 Å². The molecule has 1 N–H and O–H groups in total. The average molecular weight is 344 g/mol. The highest BCUT2D eigenvalue weighted by Crippen LogP contribution is 2.16. The Morgan fingerprint density at radius 3 is 2.75 bits per heavy atom. The second-order valence-corrected chi connectivity index (χ2v) is 4.98. The summed E-state index contributed by atoms with van der Waals surface area (Å²) < 4.78 is 14.2. The van der Waals surface area contributed by atoms with Crippen molar-refractivity contribution in [3.05, 3.63) is 40.1 Å². The van der Waals surface area contributed by atoms with E-state index in [4.69, 9.17) is 5.11 Å². The predicted molar refractivity (Wildman–Crippen MR) is 77.6 cm³/mol. The molecule has 0 atom stereocenters. The van der Waals surface area contributed by atoms with Crippen LogP contribution in [-0.2, 0) is 9.59 Å². The number of rotatable bonds is 6. The van der Waals surface area contributed by atoms with Crippen LogP contribution in [0.5, 0.6) is 0 Å². The van der Waals surface area contributed by atoms with E-state index < -0.39 is 11.8 Å². The lowest BCUT2D eigenvalue weighted by Crippen LogP contribution is -2.31. The number of likely N-dealkylation sites (N-methyl/N-ethyl adjacent to an activating group) is 1. The number of carbonyl (C=O) groups is 2. The van der Waals surface area contributed by atoms with Gasteiger partial charge in [-0.1, -0.05) is 15.9 Å². The van der Waals surface area contributed by atoms with Gasteiger partial charge in [-0.15, -0.1) is 0 Å². The molecule has 1 amide bonds. The fraction of sp³-hybridized carbons (Fsp3) is 0.286. The van der Waals surface area contributed by atoms with Crippen molar-refractivity contribution < 1.29 is 19.1 Å².